The molecule has 24 heavy (non-hydrogen) atoms. The normalized spacial score (nSPS) is 16.1. The summed E-state index contributed by atoms with van der Waals surface area (Å²) in [7, 11) is 2.03. The van der Waals surface area contributed by atoms with E-state index in [1.54, 1.807) is 27.8 Å². The monoisotopic (exact) mass is 329 g/mol. The van der Waals surface area contributed by atoms with Crippen molar-refractivity contribution in [3.05, 3.63) is 34.4 Å². The van der Waals surface area contributed by atoms with Gasteiger partial charge >= 0.3 is 0 Å². The lowest BCUT2D eigenvalue weighted by Gasteiger charge is -2.32. The van der Waals surface area contributed by atoms with Crippen molar-refractivity contribution >= 4 is 17.1 Å². The summed E-state index contributed by atoms with van der Waals surface area (Å²) < 4.78 is 1.58. The number of pyridine rings is 1. The third kappa shape index (κ3) is 3.17. The lowest BCUT2D eigenvalue weighted by Crippen LogP contribution is -2.49. The molecule has 0 radical (unpaired) electrons. The Labute approximate surface area is 140 Å². The van der Waals surface area contributed by atoms with Gasteiger partial charge in [0.05, 0.1) is 0 Å². The minimum absolute atomic E-state index is 0.000651. The van der Waals surface area contributed by atoms with Crippen molar-refractivity contribution in [2.45, 2.75) is 20.4 Å². The maximum Gasteiger partial charge on any atom is 0.283 e. The first-order valence-electron chi connectivity index (χ1n) is 8.30. The Morgan fingerprint density at radius 3 is 2.62 bits per heavy atom. The number of likely N-dealkylation sites (N-methyl/N-ethyl adjacent to an activating group) is 1. The molecule has 1 saturated heterocycles. The summed E-state index contributed by atoms with van der Waals surface area (Å²) in [5, 5.41) is 0. The smallest absolute Gasteiger partial charge is 0.283 e. The van der Waals surface area contributed by atoms with Crippen LogP contribution in [0.3, 0.4) is 0 Å². The molecule has 0 aliphatic carbocycles. The van der Waals surface area contributed by atoms with Crippen molar-refractivity contribution in [3.8, 4) is 0 Å². The van der Waals surface area contributed by atoms with E-state index in [2.05, 4.69) is 14.9 Å². The molecule has 0 bridgehead atoms. The molecule has 0 aromatic carbocycles. The number of piperazine rings is 1. The van der Waals surface area contributed by atoms with Crippen LogP contribution in [-0.4, -0.2) is 63.5 Å². The molecule has 1 amide bonds. The van der Waals surface area contributed by atoms with Crippen LogP contribution in [0, 0.1) is 5.92 Å². The van der Waals surface area contributed by atoms with Gasteiger partial charge in [-0.3, -0.25) is 14.2 Å². The molecular weight excluding hydrogens is 306 g/mol. The standard InChI is InChI=1S/C17H23N5O2/c1-12(2)11-22-15-13(5-4-6-18-15)19-14(17(22)24)16(23)21-9-7-20(3)8-10-21/h4-6,12H,7-11H2,1-3H3. The van der Waals surface area contributed by atoms with Gasteiger partial charge in [-0.25, -0.2) is 9.97 Å². The number of nitrogens with zero attached hydrogens (tertiary/aromatic N) is 5. The lowest BCUT2D eigenvalue weighted by atomic mass is 10.2. The number of carbonyl (C=O) groups is 1. The van der Waals surface area contributed by atoms with Crippen LogP contribution < -0.4 is 5.56 Å². The Kier molecular flexibility index (Phi) is 4.62. The van der Waals surface area contributed by atoms with Crippen LogP contribution in [0.2, 0.25) is 0 Å². The van der Waals surface area contributed by atoms with E-state index in [1.807, 2.05) is 20.9 Å². The van der Waals surface area contributed by atoms with Crippen molar-refractivity contribution in [1.29, 1.82) is 0 Å². The molecule has 0 atom stereocenters. The first-order valence-corrected chi connectivity index (χ1v) is 8.30. The van der Waals surface area contributed by atoms with E-state index in [4.69, 9.17) is 0 Å². The minimum Gasteiger partial charge on any atom is -0.335 e. The van der Waals surface area contributed by atoms with Crippen LogP contribution in [0.25, 0.3) is 11.2 Å². The van der Waals surface area contributed by atoms with Crippen molar-refractivity contribution < 1.29 is 4.79 Å². The highest BCUT2D eigenvalue weighted by Crippen LogP contribution is 2.11. The van der Waals surface area contributed by atoms with E-state index >= 15 is 0 Å². The summed E-state index contributed by atoms with van der Waals surface area (Å²) in [4.78, 5) is 38.2. The van der Waals surface area contributed by atoms with Crippen LogP contribution in [0.4, 0.5) is 0 Å². The van der Waals surface area contributed by atoms with Gasteiger partial charge in [-0.1, -0.05) is 13.8 Å². The van der Waals surface area contributed by atoms with Gasteiger partial charge in [-0.15, -0.1) is 0 Å². The number of aromatic nitrogens is 3. The molecule has 2 aromatic rings. The molecule has 0 unspecified atom stereocenters. The fourth-order valence-corrected chi connectivity index (χ4v) is 2.91. The van der Waals surface area contributed by atoms with Gasteiger partial charge in [0, 0.05) is 38.9 Å². The van der Waals surface area contributed by atoms with Gasteiger partial charge in [0.15, 0.2) is 11.3 Å². The van der Waals surface area contributed by atoms with Crippen molar-refractivity contribution in [3.63, 3.8) is 0 Å². The summed E-state index contributed by atoms with van der Waals surface area (Å²) in [5.41, 5.74) is 0.765. The number of carbonyl (C=O) groups excluding carboxylic acids is 1. The fraction of sp³-hybridized carbons (Fsp3) is 0.529. The van der Waals surface area contributed by atoms with Crippen LogP contribution in [0.5, 0.6) is 0 Å². The highest BCUT2D eigenvalue weighted by Gasteiger charge is 2.25. The van der Waals surface area contributed by atoms with E-state index in [9.17, 15) is 9.59 Å². The zero-order chi connectivity index (χ0) is 17.3. The molecule has 3 rings (SSSR count). The third-order valence-electron chi connectivity index (χ3n) is 4.24. The minimum atomic E-state index is -0.348. The zero-order valence-electron chi connectivity index (χ0n) is 14.4. The van der Waals surface area contributed by atoms with Gasteiger partial charge in [0.2, 0.25) is 0 Å². The predicted octanol–water partition coefficient (Wildman–Crippen LogP) is 0.835. The van der Waals surface area contributed by atoms with Gasteiger partial charge in [-0.2, -0.15) is 0 Å². The first kappa shape index (κ1) is 16.6. The topological polar surface area (TPSA) is 71.3 Å². The molecule has 0 saturated carbocycles. The maximum absolute atomic E-state index is 12.9. The summed E-state index contributed by atoms with van der Waals surface area (Å²) in [6.45, 7) is 7.42. The SMILES string of the molecule is CC(C)Cn1c(=O)c(C(=O)N2CCN(C)CC2)nc2cccnc21. The predicted molar refractivity (Wildman–Crippen MR) is 92.0 cm³/mol. The number of amides is 1. The second-order valence-corrected chi connectivity index (χ2v) is 6.71. The Balaban J connectivity index is 2.06. The Hall–Kier alpha value is -2.28. The third-order valence-corrected chi connectivity index (χ3v) is 4.24. The van der Waals surface area contributed by atoms with Gasteiger partial charge in [0.25, 0.3) is 11.5 Å². The van der Waals surface area contributed by atoms with Crippen LogP contribution in [-0.2, 0) is 6.54 Å². The molecule has 7 nitrogen and oxygen atoms in total. The first-order chi connectivity index (χ1) is 11.5. The van der Waals surface area contributed by atoms with Crippen LogP contribution in [0.15, 0.2) is 23.1 Å². The largest absolute Gasteiger partial charge is 0.335 e. The molecule has 1 fully saturated rings. The summed E-state index contributed by atoms with van der Waals surface area (Å²) in [6, 6.07) is 3.56. The van der Waals surface area contributed by atoms with Gasteiger partial charge < -0.3 is 9.80 Å². The van der Waals surface area contributed by atoms with E-state index in [0.717, 1.165) is 13.1 Å². The Bertz CT molecular complexity index is 806. The summed E-state index contributed by atoms with van der Waals surface area (Å²) in [6.07, 6.45) is 1.64. The zero-order valence-corrected chi connectivity index (χ0v) is 14.4. The molecular formula is C17H23N5O2. The van der Waals surface area contributed by atoms with Crippen molar-refractivity contribution in [1.82, 2.24) is 24.3 Å². The second kappa shape index (κ2) is 6.68. The fourth-order valence-electron chi connectivity index (χ4n) is 2.91. The molecule has 2 aromatic heterocycles. The number of hydrogen-bond donors (Lipinski definition) is 0. The molecule has 0 N–H and O–H groups in total. The van der Waals surface area contributed by atoms with E-state index in [-0.39, 0.29) is 23.1 Å². The van der Waals surface area contributed by atoms with E-state index in [0.29, 0.717) is 30.8 Å². The quantitative estimate of drug-likeness (QED) is 0.834. The Morgan fingerprint density at radius 2 is 1.96 bits per heavy atom. The highest BCUT2D eigenvalue weighted by atomic mass is 16.2. The number of hydrogen-bond acceptors (Lipinski definition) is 5. The molecule has 1 aliphatic rings. The Morgan fingerprint density at radius 1 is 1.25 bits per heavy atom. The maximum atomic E-state index is 12.9. The molecule has 0 spiro atoms. The lowest BCUT2D eigenvalue weighted by molar-refractivity contribution is 0.0656. The van der Waals surface area contributed by atoms with Crippen LogP contribution >= 0.6 is 0 Å². The van der Waals surface area contributed by atoms with Crippen LogP contribution in [0.1, 0.15) is 24.3 Å². The van der Waals surface area contributed by atoms with Gasteiger partial charge in [-0.05, 0) is 25.1 Å². The van der Waals surface area contributed by atoms with E-state index in [1.165, 1.54) is 0 Å². The average molecular weight is 329 g/mol. The molecule has 1 aliphatic heterocycles. The molecule has 128 valence electrons. The van der Waals surface area contributed by atoms with E-state index < -0.39 is 0 Å². The molecule has 7 heteroatoms. The highest BCUT2D eigenvalue weighted by molar-refractivity contribution is 5.93. The second-order valence-electron chi connectivity index (χ2n) is 6.71. The average Bonchev–Trinajstić information content (AvgIpc) is 2.57. The van der Waals surface area contributed by atoms with Gasteiger partial charge in [0.1, 0.15) is 5.52 Å². The number of fused-ring (bicyclic) bond motifs is 1. The van der Waals surface area contributed by atoms with Crippen molar-refractivity contribution in [2.24, 2.45) is 5.92 Å². The summed E-state index contributed by atoms with van der Waals surface area (Å²) in [5.74, 6) is -0.0155. The molecule has 3 heterocycles. The number of rotatable bonds is 3. The summed E-state index contributed by atoms with van der Waals surface area (Å²) >= 11 is 0. The van der Waals surface area contributed by atoms with Crippen molar-refractivity contribution in [2.75, 3.05) is 33.2 Å².